The Balaban J connectivity index is 1.55. The molecule has 2 heterocycles. The maximum atomic E-state index is 12.7. The first kappa shape index (κ1) is 13.7. The van der Waals surface area contributed by atoms with Crippen LogP contribution in [0.1, 0.15) is 35.3 Å². The van der Waals surface area contributed by atoms with Crippen molar-refractivity contribution in [1.29, 1.82) is 0 Å². The zero-order chi connectivity index (χ0) is 15.1. The molecule has 4 rings (SSSR count). The average Bonchev–Trinajstić information content (AvgIpc) is 3.26. The third kappa shape index (κ3) is 2.59. The van der Waals surface area contributed by atoms with Gasteiger partial charge in [0.25, 0.3) is 5.91 Å². The lowest BCUT2D eigenvalue weighted by molar-refractivity contribution is 0.0939. The summed E-state index contributed by atoms with van der Waals surface area (Å²) in [5.41, 5.74) is 2.52. The first-order valence-electron chi connectivity index (χ1n) is 8.12. The molecule has 1 saturated carbocycles. The Kier molecular flexibility index (Phi) is 3.34. The lowest BCUT2D eigenvalue weighted by atomic mass is 10.1. The van der Waals surface area contributed by atoms with Crippen LogP contribution < -0.4 is 5.32 Å². The second-order valence-corrected chi connectivity index (χ2v) is 6.51. The number of nitrogens with zero attached hydrogens (tertiary/aromatic N) is 2. The van der Waals surface area contributed by atoms with Crippen LogP contribution in [-0.2, 0) is 0 Å². The minimum atomic E-state index is 0.0318. The van der Waals surface area contributed by atoms with Crippen LogP contribution in [-0.4, -0.2) is 41.0 Å². The number of benzene rings is 1. The number of carbonyl (C=O) groups is 1. The number of fused-ring (bicyclic) bond motifs is 1. The van der Waals surface area contributed by atoms with Crippen molar-refractivity contribution in [3.05, 3.63) is 41.6 Å². The number of nitrogens with one attached hydrogen (secondary N) is 1. The van der Waals surface area contributed by atoms with Crippen LogP contribution in [0.25, 0.3) is 10.9 Å². The van der Waals surface area contributed by atoms with Crippen molar-refractivity contribution in [3.8, 4) is 0 Å². The van der Waals surface area contributed by atoms with E-state index in [9.17, 15) is 4.79 Å². The van der Waals surface area contributed by atoms with Gasteiger partial charge in [0.2, 0.25) is 0 Å². The fourth-order valence-electron chi connectivity index (χ4n) is 3.44. The Hall–Kier alpha value is -1.94. The SMILES string of the molecule is Cc1cc(C(=O)N[C@H]2CCN(C3CC3)C2)c2ccccc2n1. The van der Waals surface area contributed by atoms with Gasteiger partial charge in [0.15, 0.2) is 0 Å². The van der Waals surface area contributed by atoms with E-state index in [1.54, 1.807) is 0 Å². The second-order valence-electron chi connectivity index (χ2n) is 6.51. The number of amides is 1. The highest BCUT2D eigenvalue weighted by atomic mass is 16.1. The maximum absolute atomic E-state index is 12.7. The lowest BCUT2D eigenvalue weighted by Crippen LogP contribution is -2.37. The average molecular weight is 295 g/mol. The zero-order valence-corrected chi connectivity index (χ0v) is 12.9. The molecule has 0 spiro atoms. The van der Waals surface area contributed by atoms with Crippen molar-refractivity contribution in [2.75, 3.05) is 13.1 Å². The Morgan fingerprint density at radius 1 is 1.27 bits per heavy atom. The van der Waals surface area contributed by atoms with Crippen LogP contribution in [0, 0.1) is 6.92 Å². The Bertz CT molecular complexity index is 723. The summed E-state index contributed by atoms with van der Waals surface area (Å²) in [6, 6.07) is 10.8. The number of likely N-dealkylation sites (tertiary alicyclic amines) is 1. The predicted octanol–water partition coefficient (Wildman–Crippen LogP) is 2.51. The number of rotatable bonds is 3. The van der Waals surface area contributed by atoms with Crippen molar-refractivity contribution in [3.63, 3.8) is 0 Å². The molecule has 0 bridgehead atoms. The summed E-state index contributed by atoms with van der Waals surface area (Å²) in [5, 5.41) is 4.15. The Morgan fingerprint density at radius 2 is 2.09 bits per heavy atom. The molecule has 0 unspecified atom stereocenters. The molecule has 1 aromatic carbocycles. The highest BCUT2D eigenvalue weighted by molar-refractivity contribution is 6.06. The fourth-order valence-corrected chi connectivity index (χ4v) is 3.44. The van der Waals surface area contributed by atoms with Gasteiger partial charge < -0.3 is 5.32 Å². The molecule has 1 aliphatic carbocycles. The molecule has 1 N–H and O–H groups in total. The summed E-state index contributed by atoms with van der Waals surface area (Å²) in [6.07, 6.45) is 3.72. The van der Waals surface area contributed by atoms with Crippen LogP contribution in [0.2, 0.25) is 0 Å². The maximum Gasteiger partial charge on any atom is 0.252 e. The molecule has 4 heteroatoms. The third-order valence-electron chi connectivity index (χ3n) is 4.71. The minimum absolute atomic E-state index is 0.0318. The molecular weight excluding hydrogens is 274 g/mol. The van der Waals surface area contributed by atoms with Crippen molar-refractivity contribution < 1.29 is 4.79 Å². The van der Waals surface area contributed by atoms with E-state index in [0.717, 1.165) is 47.7 Å². The third-order valence-corrected chi connectivity index (χ3v) is 4.71. The molecule has 114 valence electrons. The molecular formula is C18H21N3O. The van der Waals surface area contributed by atoms with E-state index < -0.39 is 0 Å². The summed E-state index contributed by atoms with van der Waals surface area (Å²) >= 11 is 0. The van der Waals surface area contributed by atoms with Gasteiger partial charge in [0, 0.05) is 36.3 Å². The number of carbonyl (C=O) groups excluding carboxylic acids is 1. The van der Waals surface area contributed by atoms with E-state index in [4.69, 9.17) is 0 Å². The summed E-state index contributed by atoms with van der Waals surface area (Å²) < 4.78 is 0. The molecule has 2 fully saturated rings. The lowest BCUT2D eigenvalue weighted by Gasteiger charge is -2.16. The molecule has 1 amide bonds. The number of aryl methyl sites for hydroxylation is 1. The van der Waals surface area contributed by atoms with Gasteiger partial charge in [0.1, 0.15) is 0 Å². The quantitative estimate of drug-likeness (QED) is 0.946. The molecule has 22 heavy (non-hydrogen) atoms. The Labute approximate surface area is 130 Å². The molecule has 2 aliphatic rings. The predicted molar refractivity (Wildman–Crippen MR) is 86.9 cm³/mol. The van der Waals surface area contributed by atoms with Crippen LogP contribution in [0.4, 0.5) is 0 Å². The summed E-state index contributed by atoms with van der Waals surface area (Å²) in [4.78, 5) is 19.7. The topological polar surface area (TPSA) is 45.2 Å². The molecule has 1 aromatic heterocycles. The first-order chi connectivity index (χ1) is 10.7. The number of para-hydroxylation sites is 1. The van der Waals surface area contributed by atoms with Crippen LogP contribution in [0.15, 0.2) is 30.3 Å². The molecule has 1 aliphatic heterocycles. The number of hydrogen-bond donors (Lipinski definition) is 1. The number of aromatic nitrogens is 1. The molecule has 1 atom stereocenters. The zero-order valence-electron chi connectivity index (χ0n) is 12.9. The highest BCUT2D eigenvalue weighted by Gasteiger charge is 2.34. The molecule has 2 aromatic rings. The van der Waals surface area contributed by atoms with Gasteiger partial charge in [0.05, 0.1) is 11.1 Å². The van der Waals surface area contributed by atoms with Crippen LogP contribution >= 0.6 is 0 Å². The Morgan fingerprint density at radius 3 is 2.91 bits per heavy atom. The van der Waals surface area contributed by atoms with Gasteiger partial charge in [-0.2, -0.15) is 0 Å². The van der Waals surface area contributed by atoms with E-state index in [-0.39, 0.29) is 11.9 Å². The van der Waals surface area contributed by atoms with E-state index >= 15 is 0 Å². The largest absolute Gasteiger partial charge is 0.348 e. The molecule has 0 radical (unpaired) electrons. The van der Waals surface area contributed by atoms with E-state index in [1.807, 2.05) is 37.3 Å². The second kappa shape index (κ2) is 5.36. The van der Waals surface area contributed by atoms with Gasteiger partial charge in [-0.05, 0) is 38.3 Å². The number of pyridine rings is 1. The fraction of sp³-hybridized carbons (Fsp3) is 0.444. The van der Waals surface area contributed by atoms with Crippen LogP contribution in [0.3, 0.4) is 0 Å². The van der Waals surface area contributed by atoms with Gasteiger partial charge >= 0.3 is 0 Å². The summed E-state index contributed by atoms with van der Waals surface area (Å²) in [6.45, 7) is 4.05. The summed E-state index contributed by atoms with van der Waals surface area (Å²) in [5.74, 6) is 0.0318. The van der Waals surface area contributed by atoms with Crippen molar-refractivity contribution in [2.24, 2.45) is 0 Å². The van der Waals surface area contributed by atoms with Crippen LogP contribution in [0.5, 0.6) is 0 Å². The highest BCUT2D eigenvalue weighted by Crippen LogP contribution is 2.30. The van der Waals surface area contributed by atoms with Crippen molar-refractivity contribution in [2.45, 2.75) is 38.3 Å². The standard InChI is InChI=1S/C18H21N3O/c1-12-10-16(15-4-2-3-5-17(15)19-12)18(22)20-13-8-9-21(11-13)14-6-7-14/h2-5,10,13-14H,6-9,11H2,1H3,(H,20,22)/t13-/m0/s1. The van der Waals surface area contributed by atoms with Crippen molar-refractivity contribution >= 4 is 16.8 Å². The van der Waals surface area contributed by atoms with Gasteiger partial charge in [-0.1, -0.05) is 18.2 Å². The number of hydrogen-bond acceptors (Lipinski definition) is 3. The van der Waals surface area contributed by atoms with Gasteiger partial charge in [-0.3, -0.25) is 14.7 Å². The smallest absolute Gasteiger partial charge is 0.252 e. The normalized spacial score (nSPS) is 22.1. The van der Waals surface area contributed by atoms with E-state index in [1.165, 1.54) is 12.8 Å². The minimum Gasteiger partial charge on any atom is -0.348 e. The molecule has 1 saturated heterocycles. The monoisotopic (exact) mass is 295 g/mol. The van der Waals surface area contributed by atoms with E-state index in [0.29, 0.717) is 0 Å². The summed E-state index contributed by atoms with van der Waals surface area (Å²) in [7, 11) is 0. The van der Waals surface area contributed by atoms with E-state index in [2.05, 4.69) is 15.2 Å². The first-order valence-corrected chi connectivity index (χ1v) is 8.12. The van der Waals surface area contributed by atoms with Gasteiger partial charge in [-0.15, -0.1) is 0 Å². The molecule has 4 nitrogen and oxygen atoms in total. The van der Waals surface area contributed by atoms with Crippen molar-refractivity contribution in [1.82, 2.24) is 15.2 Å². The van der Waals surface area contributed by atoms with Gasteiger partial charge in [-0.25, -0.2) is 0 Å².